The van der Waals surface area contributed by atoms with E-state index in [0.717, 1.165) is 43.7 Å². The Morgan fingerprint density at radius 2 is 2.16 bits per heavy atom. The number of hydrogen-bond acceptors (Lipinski definition) is 5. The first-order valence-electron chi connectivity index (χ1n) is 6.94. The average Bonchev–Trinajstić information content (AvgIpc) is 3.07. The van der Waals surface area contributed by atoms with Crippen molar-refractivity contribution in [3.8, 4) is 0 Å². The molecule has 0 radical (unpaired) electrons. The lowest BCUT2D eigenvalue weighted by Gasteiger charge is -2.28. The maximum Gasteiger partial charge on any atom is 0.249 e. The van der Waals surface area contributed by atoms with E-state index in [-0.39, 0.29) is 12.0 Å². The first-order valence-corrected chi connectivity index (χ1v) is 8.09. The van der Waals surface area contributed by atoms with Gasteiger partial charge in [0.1, 0.15) is 6.04 Å². The molecular formula is C13H19N3O2S. The van der Waals surface area contributed by atoms with E-state index in [1.807, 2.05) is 23.6 Å². The van der Waals surface area contributed by atoms with Crippen LogP contribution in [0.25, 0.3) is 0 Å². The first-order chi connectivity index (χ1) is 9.25. The zero-order chi connectivity index (χ0) is 13.2. The second-order valence-electron chi connectivity index (χ2n) is 5.26. The maximum absolute atomic E-state index is 12.6. The lowest BCUT2D eigenvalue weighted by molar-refractivity contribution is -0.137. The van der Waals surface area contributed by atoms with Gasteiger partial charge >= 0.3 is 0 Å². The molecule has 1 aromatic heterocycles. The minimum Gasteiger partial charge on any atom is -0.337 e. The lowest BCUT2D eigenvalue weighted by Crippen LogP contribution is -2.37. The molecule has 0 N–H and O–H groups in total. The van der Waals surface area contributed by atoms with Crippen LogP contribution in [0.2, 0.25) is 0 Å². The van der Waals surface area contributed by atoms with Gasteiger partial charge in [0.25, 0.3) is 0 Å². The van der Waals surface area contributed by atoms with Gasteiger partial charge in [-0.2, -0.15) is 16.7 Å². The summed E-state index contributed by atoms with van der Waals surface area (Å²) in [5.74, 6) is 3.95. The highest BCUT2D eigenvalue weighted by molar-refractivity contribution is 7.99. The van der Waals surface area contributed by atoms with Crippen molar-refractivity contribution in [1.29, 1.82) is 0 Å². The second-order valence-corrected chi connectivity index (χ2v) is 6.48. The maximum atomic E-state index is 12.6. The number of amides is 1. The summed E-state index contributed by atoms with van der Waals surface area (Å²) in [6, 6.07) is 0.00304. The molecular weight excluding hydrogens is 262 g/mol. The van der Waals surface area contributed by atoms with Gasteiger partial charge in [-0.3, -0.25) is 4.79 Å². The summed E-state index contributed by atoms with van der Waals surface area (Å²) in [6.07, 6.45) is 3.99. The first kappa shape index (κ1) is 13.0. The highest BCUT2D eigenvalue weighted by Crippen LogP contribution is 2.34. The predicted octanol–water partition coefficient (Wildman–Crippen LogP) is 2.18. The minimum absolute atomic E-state index is 0.00304. The van der Waals surface area contributed by atoms with Crippen LogP contribution in [0.4, 0.5) is 0 Å². The van der Waals surface area contributed by atoms with Crippen molar-refractivity contribution in [3.05, 3.63) is 11.7 Å². The van der Waals surface area contributed by atoms with E-state index < -0.39 is 0 Å². The molecule has 2 aliphatic rings. The summed E-state index contributed by atoms with van der Waals surface area (Å²) >= 11 is 1.95. The van der Waals surface area contributed by atoms with E-state index in [1.165, 1.54) is 0 Å². The Kier molecular flexibility index (Phi) is 3.77. The summed E-state index contributed by atoms with van der Waals surface area (Å²) in [4.78, 5) is 18.9. The van der Waals surface area contributed by atoms with E-state index in [1.54, 1.807) is 0 Å². The monoisotopic (exact) mass is 281 g/mol. The van der Waals surface area contributed by atoms with Gasteiger partial charge in [-0.15, -0.1) is 0 Å². The number of carbonyl (C=O) groups excluding carboxylic acids is 1. The Hall–Kier alpha value is -1.04. The van der Waals surface area contributed by atoms with Crippen LogP contribution in [0.3, 0.4) is 0 Å². The second kappa shape index (κ2) is 5.53. The molecule has 1 aromatic rings. The molecule has 3 heterocycles. The molecule has 0 aromatic carbocycles. The smallest absolute Gasteiger partial charge is 0.249 e. The Bertz CT molecular complexity index is 456. The number of rotatable bonds is 2. The van der Waals surface area contributed by atoms with Crippen LogP contribution in [0.15, 0.2) is 4.52 Å². The quantitative estimate of drug-likeness (QED) is 0.831. The molecule has 1 amide bonds. The molecule has 0 aliphatic carbocycles. The molecule has 6 heteroatoms. The number of nitrogens with zero attached hydrogens (tertiary/aromatic N) is 3. The van der Waals surface area contributed by atoms with Crippen LogP contribution in [0.5, 0.6) is 0 Å². The standard InChI is InChI=1S/C13H19N3O2S/c1-9-14-12(18-15-9)11-3-2-6-16(11)13(17)10-4-7-19-8-5-10/h10-11H,2-8H2,1H3. The third-order valence-corrected chi connectivity index (χ3v) is 4.98. The molecule has 1 atom stereocenters. The fraction of sp³-hybridized carbons (Fsp3) is 0.769. The number of likely N-dealkylation sites (tertiary alicyclic amines) is 1. The van der Waals surface area contributed by atoms with Crippen LogP contribution in [-0.2, 0) is 4.79 Å². The molecule has 3 rings (SSSR count). The fourth-order valence-electron chi connectivity index (χ4n) is 2.91. The van der Waals surface area contributed by atoms with Gasteiger partial charge < -0.3 is 9.42 Å². The van der Waals surface area contributed by atoms with Crippen LogP contribution < -0.4 is 0 Å². The van der Waals surface area contributed by atoms with Gasteiger partial charge in [0.2, 0.25) is 11.8 Å². The van der Waals surface area contributed by atoms with Crippen LogP contribution in [-0.4, -0.2) is 39.0 Å². The molecule has 104 valence electrons. The summed E-state index contributed by atoms with van der Waals surface area (Å²) in [6.45, 7) is 2.64. The van der Waals surface area contributed by atoms with E-state index in [0.29, 0.717) is 17.6 Å². The Labute approximate surface area is 117 Å². The van der Waals surface area contributed by atoms with Crippen molar-refractivity contribution >= 4 is 17.7 Å². The molecule has 5 nitrogen and oxygen atoms in total. The van der Waals surface area contributed by atoms with Crippen molar-refractivity contribution in [2.45, 2.75) is 38.6 Å². The van der Waals surface area contributed by atoms with Gasteiger partial charge in [0.15, 0.2) is 5.82 Å². The van der Waals surface area contributed by atoms with Crippen LogP contribution in [0.1, 0.15) is 43.4 Å². The Morgan fingerprint density at radius 1 is 1.37 bits per heavy atom. The molecule has 2 saturated heterocycles. The van der Waals surface area contributed by atoms with E-state index >= 15 is 0 Å². The largest absolute Gasteiger partial charge is 0.337 e. The van der Waals surface area contributed by atoms with Crippen molar-refractivity contribution in [3.63, 3.8) is 0 Å². The van der Waals surface area contributed by atoms with E-state index in [9.17, 15) is 4.79 Å². The summed E-state index contributed by atoms with van der Waals surface area (Å²) in [7, 11) is 0. The zero-order valence-electron chi connectivity index (χ0n) is 11.2. The van der Waals surface area contributed by atoms with Gasteiger partial charge in [-0.25, -0.2) is 0 Å². The molecule has 0 bridgehead atoms. The Morgan fingerprint density at radius 3 is 2.84 bits per heavy atom. The number of aryl methyl sites for hydroxylation is 1. The number of carbonyl (C=O) groups is 1. The topological polar surface area (TPSA) is 59.2 Å². The summed E-state index contributed by atoms with van der Waals surface area (Å²) < 4.78 is 5.26. The van der Waals surface area contributed by atoms with Gasteiger partial charge in [0.05, 0.1) is 0 Å². The summed E-state index contributed by atoms with van der Waals surface area (Å²) in [5.41, 5.74) is 0. The third-order valence-electron chi connectivity index (χ3n) is 3.93. The van der Waals surface area contributed by atoms with E-state index in [4.69, 9.17) is 4.52 Å². The van der Waals surface area contributed by atoms with Crippen molar-refractivity contribution in [2.75, 3.05) is 18.1 Å². The van der Waals surface area contributed by atoms with Crippen LogP contribution >= 0.6 is 11.8 Å². The van der Waals surface area contributed by atoms with Crippen molar-refractivity contribution < 1.29 is 9.32 Å². The zero-order valence-corrected chi connectivity index (χ0v) is 12.0. The normalized spacial score (nSPS) is 24.9. The molecule has 2 aliphatic heterocycles. The minimum atomic E-state index is 0.00304. The molecule has 0 spiro atoms. The van der Waals surface area contributed by atoms with Crippen LogP contribution in [0, 0.1) is 12.8 Å². The van der Waals surface area contributed by atoms with Crippen molar-refractivity contribution in [2.24, 2.45) is 5.92 Å². The van der Waals surface area contributed by atoms with E-state index in [2.05, 4.69) is 10.1 Å². The fourth-order valence-corrected chi connectivity index (χ4v) is 4.02. The average molecular weight is 281 g/mol. The molecule has 2 fully saturated rings. The van der Waals surface area contributed by atoms with Gasteiger partial charge in [0, 0.05) is 12.5 Å². The Balaban J connectivity index is 1.73. The highest BCUT2D eigenvalue weighted by Gasteiger charge is 2.37. The van der Waals surface area contributed by atoms with Crippen molar-refractivity contribution in [1.82, 2.24) is 15.0 Å². The number of hydrogen-bond donors (Lipinski definition) is 0. The molecule has 0 saturated carbocycles. The SMILES string of the molecule is Cc1noc(C2CCCN2C(=O)C2CCSCC2)n1. The summed E-state index contributed by atoms with van der Waals surface area (Å²) in [5, 5.41) is 3.84. The third kappa shape index (κ3) is 2.63. The molecule has 19 heavy (non-hydrogen) atoms. The number of thioether (sulfide) groups is 1. The van der Waals surface area contributed by atoms with Gasteiger partial charge in [-0.05, 0) is 44.1 Å². The molecule has 1 unspecified atom stereocenters. The number of aromatic nitrogens is 2. The predicted molar refractivity (Wildman–Crippen MR) is 72.8 cm³/mol. The van der Waals surface area contributed by atoms with Gasteiger partial charge in [-0.1, -0.05) is 5.16 Å². The lowest BCUT2D eigenvalue weighted by atomic mass is 10.0. The highest BCUT2D eigenvalue weighted by atomic mass is 32.2.